The second kappa shape index (κ2) is 13.1. The fourth-order valence-corrected chi connectivity index (χ4v) is 5.88. The Labute approximate surface area is 278 Å². The van der Waals surface area contributed by atoms with Crippen LogP contribution >= 0.6 is 0 Å². The highest BCUT2D eigenvalue weighted by atomic mass is 19.4. The molecule has 0 saturated carbocycles. The number of nitrogens with zero attached hydrogens (tertiary/aromatic N) is 2. The molecule has 1 aromatic heterocycles. The number of rotatable bonds is 8. The molecule has 0 spiro atoms. The van der Waals surface area contributed by atoms with E-state index in [1.807, 2.05) is 38.1 Å². The highest BCUT2D eigenvalue weighted by Gasteiger charge is 2.43. The van der Waals surface area contributed by atoms with Crippen molar-refractivity contribution in [1.82, 2.24) is 9.88 Å². The number of methoxy groups -OCH3 is 1. The Balaban J connectivity index is 1.57. The molecule has 49 heavy (non-hydrogen) atoms. The number of benzene rings is 3. The van der Waals surface area contributed by atoms with Crippen LogP contribution in [-0.4, -0.2) is 40.2 Å². The lowest BCUT2D eigenvalue weighted by molar-refractivity contribution is -0.143. The van der Waals surface area contributed by atoms with Gasteiger partial charge in [0.2, 0.25) is 0 Å². The summed E-state index contributed by atoms with van der Waals surface area (Å²) in [4.78, 5) is 30.8. The smallest absolute Gasteiger partial charge is 0.416 e. The molecule has 1 aliphatic heterocycles. The average molecular weight is 687 g/mol. The van der Waals surface area contributed by atoms with Crippen LogP contribution in [0.25, 0.3) is 22.3 Å². The molecule has 1 aliphatic rings. The Morgan fingerprint density at radius 3 is 2.10 bits per heavy atom. The summed E-state index contributed by atoms with van der Waals surface area (Å²) in [7, 11) is 1.48. The first kappa shape index (κ1) is 35.2. The molecular weight excluding hydrogens is 654 g/mol. The summed E-state index contributed by atoms with van der Waals surface area (Å²) in [5.74, 6) is -0.628. The number of alkyl halides is 6. The monoisotopic (exact) mass is 686 g/mol. The van der Waals surface area contributed by atoms with Gasteiger partial charge in [0, 0.05) is 16.8 Å². The predicted molar refractivity (Wildman–Crippen MR) is 168 cm³/mol. The molecule has 1 fully saturated rings. The van der Waals surface area contributed by atoms with Crippen molar-refractivity contribution in [2.45, 2.75) is 64.7 Å². The molecule has 13 heteroatoms. The van der Waals surface area contributed by atoms with Crippen LogP contribution in [0, 0.1) is 6.92 Å². The minimum atomic E-state index is -5.07. The van der Waals surface area contributed by atoms with E-state index in [4.69, 9.17) is 14.5 Å². The van der Waals surface area contributed by atoms with Gasteiger partial charge < -0.3 is 14.6 Å². The number of carboxylic acids is 1. The topological polar surface area (TPSA) is 89.0 Å². The summed E-state index contributed by atoms with van der Waals surface area (Å²) in [6.07, 6.45) is -12.5. The van der Waals surface area contributed by atoms with Gasteiger partial charge in [-0.15, -0.1) is 0 Å². The molecule has 1 N–H and O–H groups in total. The van der Waals surface area contributed by atoms with E-state index in [-0.39, 0.29) is 24.1 Å². The molecule has 0 aliphatic carbocycles. The minimum absolute atomic E-state index is 0.0276. The zero-order valence-corrected chi connectivity index (χ0v) is 27.0. The first-order valence-electron chi connectivity index (χ1n) is 15.2. The maximum absolute atomic E-state index is 13.6. The second-order valence-electron chi connectivity index (χ2n) is 12.1. The van der Waals surface area contributed by atoms with Gasteiger partial charge in [-0.1, -0.05) is 32.0 Å². The van der Waals surface area contributed by atoms with Gasteiger partial charge in [-0.3, -0.25) is 9.88 Å². The summed E-state index contributed by atoms with van der Waals surface area (Å²) in [5, 5.41) is 9.40. The molecule has 4 aromatic rings. The first-order chi connectivity index (χ1) is 22.9. The molecule has 7 nitrogen and oxygen atoms in total. The van der Waals surface area contributed by atoms with Crippen molar-refractivity contribution in [3.05, 3.63) is 106 Å². The van der Waals surface area contributed by atoms with Crippen molar-refractivity contribution in [2.24, 2.45) is 0 Å². The number of hydrogen-bond donors (Lipinski definition) is 1. The fourth-order valence-electron chi connectivity index (χ4n) is 5.88. The van der Waals surface area contributed by atoms with Gasteiger partial charge in [-0.2, -0.15) is 26.3 Å². The Kier molecular flexibility index (Phi) is 9.42. The van der Waals surface area contributed by atoms with E-state index in [0.29, 0.717) is 46.0 Å². The van der Waals surface area contributed by atoms with Gasteiger partial charge in [0.25, 0.3) is 0 Å². The van der Waals surface area contributed by atoms with E-state index in [2.05, 4.69) is 0 Å². The van der Waals surface area contributed by atoms with E-state index in [0.717, 1.165) is 11.1 Å². The lowest BCUT2D eigenvalue weighted by atomic mass is 9.93. The molecular formula is C36H32F6N2O5. The number of carbonyl (C=O) groups excluding carboxylic acids is 1. The molecule has 0 unspecified atom stereocenters. The highest BCUT2D eigenvalue weighted by molar-refractivity contribution is 5.89. The maximum Gasteiger partial charge on any atom is 0.416 e. The van der Waals surface area contributed by atoms with Crippen LogP contribution in [0.4, 0.5) is 31.1 Å². The zero-order chi connectivity index (χ0) is 36.0. The zero-order valence-electron chi connectivity index (χ0n) is 27.0. The molecule has 0 bridgehead atoms. The van der Waals surface area contributed by atoms with E-state index in [1.165, 1.54) is 25.0 Å². The number of aryl methyl sites for hydroxylation is 1. The van der Waals surface area contributed by atoms with Gasteiger partial charge >= 0.3 is 24.4 Å². The molecule has 258 valence electrons. The Morgan fingerprint density at radius 1 is 0.918 bits per heavy atom. The van der Waals surface area contributed by atoms with Crippen LogP contribution in [-0.2, 0) is 23.6 Å². The Hall–Kier alpha value is -5.07. The fraction of sp³-hybridized carbons (Fsp3) is 0.306. The van der Waals surface area contributed by atoms with Gasteiger partial charge in [0.15, 0.2) is 0 Å². The molecule has 1 amide bonds. The van der Waals surface area contributed by atoms with E-state index < -0.39 is 53.3 Å². The van der Waals surface area contributed by atoms with Crippen molar-refractivity contribution >= 4 is 12.1 Å². The van der Waals surface area contributed by atoms with E-state index in [1.54, 1.807) is 25.1 Å². The van der Waals surface area contributed by atoms with Crippen LogP contribution in [0.1, 0.15) is 76.8 Å². The second-order valence-corrected chi connectivity index (χ2v) is 12.1. The average Bonchev–Trinajstić information content (AvgIpc) is 3.31. The van der Waals surface area contributed by atoms with E-state index >= 15 is 0 Å². The first-order valence-corrected chi connectivity index (χ1v) is 15.2. The summed E-state index contributed by atoms with van der Waals surface area (Å²) in [5.41, 5.74) is 1.12. The third-order valence-electron chi connectivity index (χ3n) is 8.51. The van der Waals surface area contributed by atoms with Crippen LogP contribution in [0.3, 0.4) is 0 Å². The molecule has 3 aromatic carbocycles. The summed E-state index contributed by atoms with van der Waals surface area (Å²) >= 11 is 0. The standard InChI is InChI=1S/C36H32F6N2O5/c1-18(2)29-10-9-27(28-15-21(7-11-31(28)48-5)26-8-6-22(33(45)46)12-19(26)3)30(43-29)17-44-20(4)32(49-34(44)47)23-13-24(35(37,38)39)16-25(14-23)36(40,41)42/h6-16,18,20,32H,17H2,1-5H3,(H,45,46)/t20-,32-/m0/s1. The number of carboxylic acid groups (broad SMARTS) is 1. The number of cyclic esters (lactones) is 1. The number of amides is 1. The SMILES string of the molecule is COc1ccc(-c2ccc(C(=O)O)cc2C)cc1-c1ccc(C(C)C)nc1CN1C(=O)O[C@H](c2cc(C(F)(F)F)cc(C(F)(F)F)c2)[C@@H]1C. The predicted octanol–water partition coefficient (Wildman–Crippen LogP) is 9.67. The van der Waals surface area contributed by atoms with Crippen LogP contribution < -0.4 is 4.74 Å². The number of hydrogen-bond acceptors (Lipinski definition) is 5. The van der Waals surface area contributed by atoms with Crippen molar-refractivity contribution in [2.75, 3.05) is 7.11 Å². The quantitative estimate of drug-likeness (QED) is 0.186. The number of aromatic carboxylic acids is 1. The third kappa shape index (κ3) is 7.20. The summed E-state index contributed by atoms with van der Waals surface area (Å²) < 4.78 is 92.8. The van der Waals surface area contributed by atoms with Gasteiger partial charge in [-0.25, -0.2) is 9.59 Å². The lowest BCUT2D eigenvalue weighted by Crippen LogP contribution is -2.32. The van der Waals surface area contributed by atoms with Gasteiger partial charge in [0.05, 0.1) is 42.1 Å². The minimum Gasteiger partial charge on any atom is -0.496 e. The Morgan fingerprint density at radius 2 is 1.55 bits per heavy atom. The maximum atomic E-state index is 13.6. The van der Waals surface area contributed by atoms with Crippen molar-refractivity contribution in [3.8, 4) is 28.0 Å². The van der Waals surface area contributed by atoms with Crippen LogP contribution in [0.5, 0.6) is 5.75 Å². The Bertz CT molecular complexity index is 1890. The van der Waals surface area contributed by atoms with Crippen molar-refractivity contribution in [3.63, 3.8) is 0 Å². The number of carbonyl (C=O) groups is 2. The van der Waals surface area contributed by atoms with Crippen LogP contribution in [0.15, 0.2) is 66.7 Å². The third-order valence-corrected chi connectivity index (χ3v) is 8.51. The molecule has 5 rings (SSSR count). The van der Waals surface area contributed by atoms with Gasteiger partial charge in [-0.05, 0) is 90.6 Å². The summed E-state index contributed by atoms with van der Waals surface area (Å²) in [6.45, 7) is 6.93. The molecule has 2 atom stereocenters. The number of aromatic nitrogens is 1. The highest BCUT2D eigenvalue weighted by Crippen LogP contribution is 2.42. The lowest BCUT2D eigenvalue weighted by Gasteiger charge is -2.24. The number of pyridine rings is 1. The van der Waals surface area contributed by atoms with Crippen LogP contribution in [0.2, 0.25) is 0 Å². The largest absolute Gasteiger partial charge is 0.496 e. The summed E-state index contributed by atoms with van der Waals surface area (Å²) in [6, 6.07) is 14.0. The van der Waals surface area contributed by atoms with Gasteiger partial charge in [0.1, 0.15) is 11.9 Å². The van der Waals surface area contributed by atoms with Crippen molar-refractivity contribution < 1.29 is 50.5 Å². The molecule has 1 saturated heterocycles. The number of ether oxygens (including phenoxy) is 2. The number of halogens is 6. The molecule has 2 heterocycles. The van der Waals surface area contributed by atoms with Crippen molar-refractivity contribution in [1.29, 1.82) is 0 Å². The van der Waals surface area contributed by atoms with E-state index in [9.17, 15) is 41.0 Å². The molecule has 0 radical (unpaired) electrons. The normalized spacial score (nSPS) is 16.7.